The zero-order chi connectivity index (χ0) is 7.82. The lowest BCUT2D eigenvalue weighted by Crippen LogP contribution is -1.77. The number of rotatable bonds is 4. The molecule has 0 unspecified atom stereocenters. The standard InChI is InChI=1S/C8H14ClN/c1-3-8(9)6-4-5-7-10-2/h3,7H,4-6H2,1-2H3. The van der Waals surface area contributed by atoms with E-state index in [1.807, 2.05) is 19.2 Å². The fourth-order valence-electron chi connectivity index (χ4n) is 0.636. The monoisotopic (exact) mass is 159 g/mol. The van der Waals surface area contributed by atoms with Crippen LogP contribution in [0.1, 0.15) is 26.2 Å². The third-order valence-corrected chi connectivity index (χ3v) is 1.65. The Bertz CT molecular complexity index is 127. The van der Waals surface area contributed by atoms with Crippen molar-refractivity contribution in [2.24, 2.45) is 4.99 Å². The van der Waals surface area contributed by atoms with Gasteiger partial charge in [-0.15, -0.1) is 0 Å². The molecule has 58 valence electrons. The number of hydrogen-bond acceptors (Lipinski definition) is 1. The van der Waals surface area contributed by atoms with Crippen molar-refractivity contribution in [3.05, 3.63) is 11.1 Å². The van der Waals surface area contributed by atoms with E-state index >= 15 is 0 Å². The molecule has 0 amide bonds. The van der Waals surface area contributed by atoms with Crippen molar-refractivity contribution in [1.29, 1.82) is 0 Å². The number of halogens is 1. The molecule has 0 N–H and O–H groups in total. The van der Waals surface area contributed by atoms with Gasteiger partial charge >= 0.3 is 0 Å². The zero-order valence-electron chi connectivity index (χ0n) is 6.60. The van der Waals surface area contributed by atoms with Gasteiger partial charge in [0.25, 0.3) is 0 Å². The van der Waals surface area contributed by atoms with Gasteiger partial charge in [-0.05, 0) is 32.4 Å². The molecular formula is C8H14ClN. The fourth-order valence-corrected chi connectivity index (χ4v) is 0.769. The molecule has 0 heterocycles. The van der Waals surface area contributed by atoms with Gasteiger partial charge in [0.2, 0.25) is 0 Å². The van der Waals surface area contributed by atoms with E-state index in [4.69, 9.17) is 11.6 Å². The third kappa shape index (κ3) is 5.83. The molecule has 10 heavy (non-hydrogen) atoms. The summed E-state index contributed by atoms with van der Waals surface area (Å²) in [6, 6.07) is 0. The maximum absolute atomic E-state index is 5.76. The molecule has 1 nitrogen and oxygen atoms in total. The van der Waals surface area contributed by atoms with E-state index < -0.39 is 0 Å². The second-order valence-corrected chi connectivity index (χ2v) is 2.55. The first-order chi connectivity index (χ1) is 4.81. The van der Waals surface area contributed by atoms with Gasteiger partial charge in [-0.2, -0.15) is 0 Å². The Morgan fingerprint density at radius 3 is 2.80 bits per heavy atom. The Morgan fingerprint density at radius 1 is 1.60 bits per heavy atom. The number of nitrogens with zero attached hydrogens (tertiary/aromatic N) is 1. The first-order valence-corrected chi connectivity index (χ1v) is 3.90. The topological polar surface area (TPSA) is 12.4 Å². The molecule has 0 radical (unpaired) electrons. The molecule has 0 aromatic rings. The molecule has 0 spiro atoms. The maximum atomic E-state index is 5.76. The molecule has 0 saturated heterocycles. The highest BCUT2D eigenvalue weighted by Gasteiger charge is 1.88. The molecule has 0 bridgehead atoms. The highest BCUT2D eigenvalue weighted by molar-refractivity contribution is 6.29. The highest BCUT2D eigenvalue weighted by Crippen LogP contribution is 2.09. The zero-order valence-corrected chi connectivity index (χ0v) is 7.36. The predicted molar refractivity (Wildman–Crippen MR) is 47.9 cm³/mol. The lowest BCUT2D eigenvalue weighted by atomic mass is 10.2. The summed E-state index contributed by atoms with van der Waals surface area (Å²) < 4.78 is 0. The van der Waals surface area contributed by atoms with Crippen LogP contribution in [0.3, 0.4) is 0 Å². The fraction of sp³-hybridized carbons (Fsp3) is 0.625. The van der Waals surface area contributed by atoms with Crippen molar-refractivity contribution >= 4 is 17.8 Å². The Morgan fingerprint density at radius 2 is 2.30 bits per heavy atom. The van der Waals surface area contributed by atoms with Crippen LogP contribution in [0, 0.1) is 0 Å². The van der Waals surface area contributed by atoms with Gasteiger partial charge in [0.1, 0.15) is 0 Å². The summed E-state index contributed by atoms with van der Waals surface area (Å²) in [7, 11) is 1.79. The molecule has 0 aliphatic heterocycles. The first kappa shape index (κ1) is 9.70. The van der Waals surface area contributed by atoms with Crippen molar-refractivity contribution in [1.82, 2.24) is 0 Å². The van der Waals surface area contributed by atoms with E-state index in [9.17, 15) is 0 Å². The summed E-state index contributed by atoms with van der Waals surface area (Å²) in [5, 5.41) is 0.949. The summed E-state index contributed by atoms with van der Waals surface area (Å²) in [5.74, 6) is 0. The molecular weight excluding hydrogens is 146 g/mol. The van der Waals surface area contributed by atoms with Crippen LogP contribution in [0.5, 0.6) is 0 Å². The third-order valence-electron chi connectivity index (χ3n) is 1.24. The minimum atomic E-state index is 0.949. The quantitative estimate of drug-likeness (QED) is 0.442. The van der Waals surface area contributed by atoms with E-state index in [1.165, 1.54) is 0 Å². The molecule has 0 rings (SSSR count). The molecule has 2 heteroatoms. The minimum absolute atomic E-state index is 0.949. The summed E-state index contributed by atoms with van der Waals surface area (Å²) in [5.41, 5.74) is 0. The van der Waals surface area contributed by atoms with Crippen molar-refractivity contribution < 1.29 is 0 Å². The van der Waals surface area contributed by atoms with Crippen LogP contribution in [0.4, 0.5) is 0 Å². The number of aliphatic imine (C=N–C) groups is 1. The second-order valence-electron chi connectivity index (χ2n) is 2.07. The second kappa shape index (κ2) is 6.81. The van der Waals surface area contributed by atoms with Crippen molar-refractivity contribution in [2.75, 3.05) is 7.05 Å². The van der Waals surface area contributed by atoms with Gasteiger partial charge in [0.15, 0.2) is 0 Å². The SMILES string of the molecule is CC=C(Cl)CCCC=NC. The predicted octanol–water partition coefficient (Wildman–Crippen LogP) is 3.00. The minimum Gasteiger partial charge on any atom is -0.301 e. The van der Waals surface area contributed by atoms with Crippen LogP contribution in [0.2, 0.25) is 0 Å². The smallest absolute Gasteiger partial charge is 0.0273 e. The molecule has 0 aliphatic carbocycles. The van der Waals surface area contributed by atoms with Gasteiger partial charge in [0.05, 0.1) is 0 Å². The van der Waals surface area contributed by atoms with Crippen LogP contribution in [0.25, 0.3) is 0 Å². The van der Waals surface area contributed by atoms with E-state index in [-0.39, 0.29) is 0 Å². The Labute approximate surface area is 67.8 Å². The Balaban J connectivity index is 3.20. The van der Waals surface area contributed by atoms with Crippen LogP contribution < -0.4 is 0 Å². The first-order valence-electron chi connectivity index (χ1n) is 3.52. The number of allylic oxidation sites excluding steroid dienone is 2. The Kier molecular flexibility index (Phi) is 6.61. The van der Waals surface area contributed by atoms with Crippen LogP contribution in [-0.2, 0) is 0 Å². The van der Waals surface area contributed by atoms with Crippen LogP contribution in [0.15, 0.2) is 16.1 Å². The lowest BCUT2D eigenvalue weighted by molar-refractivity contribution is 0.890. The van der Waals surface area contributed by atoms with Crippen LogP contribution in [-0.4, -0.2) is 13.3 Å². The number of unbranched alkanes of at least 4 members (excludes halogenated alkanes) is 1. The van der Waals surface area contributed by atoms with E-state index in [2.05, 4.69) is 4.99 Å². The van der Waals surface area contributed by atoms with Crippen LogP contribution >= 0.6 is 11.6 Å². The van der Waals surface area contributed by atoms with Gasteiger partial charge in [-0.25, -0.2) is 0 Å². The normalized spacial score (nSPS) is 12.9. The summed E-state index contributed by atoms with van der Waals surface area (Å²) in [6.45, 7) is 1.95. The average Bonchev–Trinajstić information content (AvgIpc) is 1.98. The van der Waals surface area contributed by atoms with Gasteiger partial charge in [-0.1, -0.05) is 17.7 Å². The lowest BCUT2D eigenvalue weighted by Gasteiger charge is -1.93. The molecule has 0 saturated carbocycles. The van der Waals surface area contributed by atoms with E-state index in [0.717, 1.165) is 24.3 Å². The number of hydrogen-bond donors (Lipinski definition) is 0. The van der Waals surface area contributed by atoms with Gasteiger partial charge in [0, 0.05) is 12.1 Å². The molecule has 0 aromatic carbocycles. The van der Waals surface area contributed by atoms with Crippen molar-refractivity contribution in [3.63, 3.8) is 0 Å². The van der Waals surface area contributed by atoms with Crippen molar-refractivity contribution in [2.45, 2.75) is 26.2 Å². The average molecular weight is 160 g/mol. The summed E-state index contributed by atoms with van der Waals surface area (Å²) >= 11 is 5.76. The Hall–Kier alpha value is -0.300. The molecule has 0 atom stereocenters. The molecule has 0 fully saturated rings. The summed E-state index contributed by atoms with van der Waals surface area (Å²) in [4.78, 5) is 3.87. The van der Waals surface area contributed by atoms with E-state index in [1.54, 1.807) is 7.05 Å². The van der Waals surface area contributed by atoms with E-state index in [0.29, 0.717) is 0 Å². The van der Waals surface area contributed by atoms with Crippen molar-refractivity contribution in [3.8, 4) is 0 Å². The maximum Gasteiger partial charge on any atom is 0.0273 e. The molecule has 0 aliphatic rings. The summed E-state index contributed by atoms with van der Waals surface area (Å²) in [6.07, 6.45) is 6.95. The van der Waals surface area contributed by atoms with Gasteiger partial charge < -0.3 is 4.99 Å². The largest absolute Gasteiger partial charge is 0.301 e. The van der Waals surface area contributed by atoms with Gasteiger partial charge in [-0.3, -0.25) is 0 Å². The molecule has 0 aromatic heterocycles. The highest BCUT2D eigenvalue weighted by atomic mass is 35.5.